The molecule has 1 atom stereocenters. The van der Waals surface area contributed by atoms with E-state index in [0.717, 1.165) is 6.42 Å². The molecule has 1 unspecified atom stereocenters. The van der Waals surface area contributed by atoms with Gasteiger partial charge in [-0.25, -0.2) is 0 Å². The molecule has 0 aliphatic heterocycles. The lowest BCUT2D eigenvalue weighted by Crippen LogP contribution is -2.33. The van der Waals surface area contributed by atoms with Crippen LogP contribution in [0.25, 0.3) is 0 Å². The maximum absolute atomic E-state index is 11.3. The molecule has 1 aliphatic carbocycles. The summed E-state index contributed by atoms with van der Waals surface area (Å²) in [7, 11) is 0. The van der Waals surface area contributed by atoms with Gasteiger partial charge in [-0.2, -0.15) is 0 Å². The zero-order valence-electron chi connectivity index (χ0n) is 9.48. The molecule has 0 saturated heterocycles. The Morgan fingerprint density at radius 3 is 2.76 bits per heavy atom. The van der Waals surface area contributed by atoms with Crippen LogP contribution in [-0.4, -0.2) is 23.5 Å². The van der Waals surface area contributed by atoms with Gasteiger partial charge in [0.2, 0.25) is 5.91 Å². The predicted molar refractivity (Wildman–Crippen MR) is 62.8 cm³/mol. The van der Waals surface area contributed by atoms with Crippen molar-refractivity contribution in [3.8, 4) is 0 Å². The molecular formula is C13H15NO3. The zero-order valence-corrected chi connectivity index (χ0v) is 9.48. The second-order valence-electron chi connectivity index (χ2n) is 4.30. The number of amides is 1. The van der Waals surface area contributed by atoms with Crippen molar-refractivity contribution in [2.45, 2.75) is 25.2 Å². The van der Waals surface area contributed by atoms with Gasteiger partial charge in [-0.05, 0) is 17.5 Å². The maximum atomic E-state index is 11.3. The Balaban J connectivity index is 1.74. The lowest BCUT2D eigenvalue weighted by Gasteiger charge is -2.30. The molecule has 1 aromatic rings. The predicted octanol–water partition coefficient (Wildman–Crippen LogP) is 1.31. The van der Waals surface area contributed by atoms with Crippen LogP contribution < -0.4 is 5.32 Å². The molecule has 0 radical (unpaired) electrons. The van der Waals surface area contributed by atoms with Crippen molar-refractivity contribution in [3.63, 3.8) is 0 Å². The number of hydrogen-bond acceptors (Lipinski definition) is 2. The first-order valence-electron chi connectivity index (χ1n) is 5.73. The minimum absolute atomic E-state index is 0.0592. The van der Waals surface area contributed by atoms with Gasteiger partial charge in [-0.15, -0.1) is 0 Å². The molecule has 1 aliphatic rings. The molecule has 1 amide bonds. The third kappa shape index (κ3) is 2.84. The van der Waals surface area contributed by atoms with Crippen molar-refractivity contribution in [1.82, 2.24) is 5.32 Å². The van der Waals surface area contributed by atoms with E-state index in [2.05, 4.69) is 17.4 Å². The summed E-state index contributed by atoms with van der Waals surface area (Å²) in [5, 5.41) is 11.2. The largest absolute Gasteiger partial charge is 0.481 e. The standard InChI is InChI=1S/C13H15NO3/c15-12(5-6-13(16)17)14-8-10-7-9-3-1-2-4-11(9)10/h1-4,10H,5-8H2,(H,14,15)(H,16,17). The van der Waals surface area contributed by atoms with Crippen LogP contribution in [0.4, 0.5) is 0 Å². The summed E-state index contributed by atoms with van der Waals surface area (Å²) >= 11 is 0. The molecule has 0 bridgehead atoms. The van der Waals surface area contributed by atoms with Crippen LogP contribution in [-0.2, 0) is 16.0 Å². The van der Waals surface area contributed by atoms with Crippen LogP contribution in [0.15, 0.2) is 24.3 Å². The first-order chi connectivity index (χ1) is 8.16. The number of carbonyl (C=O) groups excluding carboxylic acids is 1. The highest BCUT2D eigenvalue weighted by Gasteiger charge is 2.25. The van der Waals surface area contributed by atoms with E-state index in [-0.39, 0.29) is 18.7 Å². The van der Waals surface area contributed by atoms with E-state index >= 15 is 0 Å². The fraction of sp³-hybridized carbons (Fsp3) is 0.385. The van der Waals surface area contributed by atoms with Gasteiger partial charge in [0, 0.05) is 18.9 Å². The number of carboxylic acid groups (broad SMARTS) is 1. The van der Waals surface area contributed by atoms with E-state index in [1.165, 1.54) is 11.1 Å². The molecule has 0 saturated carbocycles. The second kappa shape index (κ2) is 4.99. The van der Waals surface area contributed by atoms with E-state index in [1.54, 1.807) is 0 Å². The van der Waals surface area contributed by atoms with Gasteiger partial charge in [-0.3, -0.25) is 9.59 Å². The number of aliphatic carboxylic acids is 1. The Bertz CT molecular complexity index is 442. The van der Waals surface area contributed by atoms with E-state index in [4.69, 9.17) is 5.11 Å². The monoisotopic (exact) mass is 233 g/mol. The molecule has 4 nitrogen and oxygen atoms in total. The number of carbonyl (C=O) groups is 2. The molecular weight excluding hydrogens is 218 g/mol. The van der Waals surface area contributed by atoms with Crippen molar-refractivity contribution in [1.29, 1.82) is 0 Å². The van der Waals surface area contributed by atoms with Crippen LogP contribution in [0, 0.1) is 0 Å². The number of fused-ring (bicyclic) bond motifs is 1. The Morgan fingerprint density at radius 1 is 1.29 bits per heavy atom. The molecule has 0 aromatic heterocycles. The summed E-state index contributed by atoms with van der Waals surface area (Å²) in [5.74, 6) is -0.731. The minimum atomic E-state index is -0.936. The lowest BCUT2D eigenvalue weighted by atomic mass is 9.77. The summed E-state index contributed by atoms with van der Waals surface area (Å²) in [5.41, 5.74) is 2.64. The van der Waals surface area contributed by atoms with Gasteiger partial charge in [0.05, 0.1) is 6.42 Å². The van der Waals surface area contributed by atoms with Gasteiger partial charge < -0.3 is 10.4 Å². The number of benzene rings is 1. The van der Waals surface area contributed by atoms with Crippen molar-refractivity contribution in [3.05, 3.63) is 35.4 Å². The van der Waals surface area contributed by atoms with Gasteiger partial charge in [0.15, 0.2) is 0 Å². The molecule has 17 heavy (non-hydrogen) atoms. The van der Waals surface area contributed by atoms with Crippen LogP contribution in [0.1, 0.15) is 29.9 Å². The van der Waals surface area contributed by atoms with Crippen LogP contribution in [0.2, 0.25) is 0 Å². The fourth-order valence-electron chi connectivity index (χ4n) is 2.09. The number of carboxylic acids is 1. The van der Waals surface area contributed by atoms with Gasteiger partial charge in [0.25, 0.3) is 0 Å². The van der Waals surface area contributed by atoms with Crippen LogP contribution in [0.5, 0.6) is 0 Å². The number of rotatable bonds is 5. The Kier molecular flexibility index (Phi) is 3.42. The molecule has 0 heterocycles. The minimum Gasteiger partial charge on any atom is -0.481 e. The van der Waals surface area contributed by atoms with Crippen LogP contribution >= 0.6 is 0 Å². The highest BCUT2D eigenvalue weighted by molar-refractivity contribution is 5.80. The second-order valence-corrected chi connectivity index (χ2v) is 4.30. The molecule has 1 aromatic carbocycles. The first kappa shape index (κ1) is 11.6. The quantitative estimate of drug-likeness (QED) is 0.805. The third-order valence-electron chi connectivity index (χ3n) is 3.07. The highest BCUT2D eigenvalue weighted by atomic mass is 16.4. The highest BCUT2D eigenvalue weighted by Crippen LogP contribution is 2.33. The lowest BCUT2D eigenvalue weighted by molar-refractivity contribution is -0.138. The fourth-order valence-corrected chi connectivity index (χ4v) is 2.09. The van der Waals surface area contributed by atoms with Crippen LogP contribution in [0.3, 0.4) is 0 Å². The summed E-state index contributed by atoms with van der Waals surface area (Å²) in [6.45, 7) is 0.607. The summed E-state index contributed by atoms with van der Waals surface area (Å²) in [6, 6.07) is 8.18. The average Bonchev–Trinajstić information content (AvgIpc) is 2.27. The molecule has 90 valence electrons. The van der Waals surface area contributed by atoms with Gasteiger partial charge in [0.1, 0.15) is 0 Å². The Labute approximate surface area is 99.6 Å². The van der Waals surface area contributed by atoms with Crippen molar-refractivity contribution in [2.75, 3.05) is 6.54 Å². The van der Waals surface area contributed by atoms with Gasteiger partial charge in [-0.1, -0.05) is 24.3 Å². The zero-order chi connectivity index (χ0) is 12.3. The maximum Gasteiger partial charge on any atom is 0.303 e. The van der Waals surface area contributed by atoms with E-state index < -0.39 is 5.97 Å². The third-order valence-corrected chi connectivity index (χ3v) is 3.07. The summed E-state index contributed by atoms with van der Waals surface area (Å²) in [4.78, 5) is 21.6. The summed E-state index contributed by atoms with van der Waals surface area (Å²) < 4.78 is 0. The molecule has 4 heteroatoms. The molecule has 0 fully saturated rings. The van der Waals surface area contributed by atoms with Crippen molar-refractivity contribution in [2.24, 2.45) is 0 Å². The molecule has 2 N–H and O–H groups in total. The van der Waals surface area contributed by atoms with E-state index in [1.807, 2.05) is 12.1 Å². The smallest absolute Gasteiger partial charge is 0.303 e. The van der Waals surface area contributed by atoms with Gasteiger partial charge >= 0.3 is 5.97 Å². The average molecular weight is 233 g/mol. The first-order valence-corrected chi connectivity index (χ1v) is 5.73. The van der Waals surface area contributed by atoms with Crippen molar-refractivity contribution < 1.29 is 14.7 Å². The van der Waals surface area contributed by atoms with E-state index in [0.29, 0.717) is 12.5 Å². The Morgan fingerprint density at radius 2 is 2.06 bits per heavy atom. The molecule has 2 rings (SSSR count). The Hall–Kier alpha value is -1.84. The van der Waals surface area contributed by atoms with E-state index in [9.17, 15) is 9.59 Å². The summed E-state index contributed by atoms with van der Waals surface area (Å²) in [6.07, 6.45) is 0.951. The normalized spacial score (nSPS) is 16.8. The number of hydrogen-bond donors (Lipinski definition) is 2. The number of nitrogens with one attached hydrogen (secondary N) is 1. The molecule has 0 spiro atoms. The topological polar surface area (TPSA) is 66.4 Å². The van der Waals surface area contributed by atoms with Crippen molar-refractivity contribution >= 4 is 11.9 Å². The SMILES string of the molecule is O=C(O)CCC(=O)NCC1Cc2ccccc21.